The maximum atomic E-state index is 13.9. The first-order valence-electron chi connectivity index (χ1n) is 14.8. The van der Waals surface area contributed by atoms with E-state index in [9.17, 15) is 19.2 Å². The van der Waals surface area contributed by atoms with Crippen LogP contribution in [-0.2, 0) is 25.6 Å². The van der Waals surface area contributed by atoms with Gasteiger partial charge in [-0.25, -0.2) is 0 Å². The van der Waals surface area contributed by atoms with Crippen molar-refractivity contribution in [3.63, 3.8) is 0 Å². The normalized spacial score (nSPS) is 15.2. The lowest BCUT2D eigenvalue weighted by Crippen LogP contribution is -2.57. The smallest absolute Gasteiger partial charge is 0.243 e. The molecule has 0 saturated heterocycles. The lowest BCUT2D eigenvalue weighted by molar-refractivity contribution is -0.137. The maximum Gasteiger partial charge on any atom is 0.243 e. The molecule has 0 aromatic heterocycles. The van der Waals surface area contributed by atoms with Gasteiger partial charge in [-0.2, -0.15) is 0 Å². The molecule has 1 fully saturated rings. The zero-order valence-electron chi connectivity index (χ0n) is 24.8. The summed E-state index contributed by atoms with van der Waals surface area (Å²) < 4.78 is 0. The summed E-state index contributed by atoms with van der Waals surface area (Å²) in [6.45, 7) is 0.260. The van der Waals surface area contributed by atoms with Gasteiger partial charge in [0.15, 0.2) is 5.96 Å². The van der Waals surface area contributed by atoms with Crippen LogP contribution >= 0.6 is 0 Å². The molecule has 1 saturated carbocycles. The second-order valence-corrected chi connectivity index (χ2v) is 11.0. The maximum absolute atomic E-state index is 13.9. The molecule has 13 nitrogen and oxygen atoms in total. The predicted molar refractivity (Wildman–Crippen MR) is 169 cm³/mol. The van der Waals surface area contributed by atoms with Gasteiger partial charge in [-0.3, -0.25) is 29.6 Å². The predicted octanol–water partition coefficient (Wildman–Crippen LogP) is 0.857. The second kappa shape index (κ2) is 16.6. The van der Waals surface area contributed by atoms with E-state index in [4.69, 9.17) is 28.3 Å². The van der Waals surface area contributed by atoms with Crippen LogP contribution in [0.2, 0.25) is 0 Å². The van der Waals surface area contributed by atoms with Gasteiger partial charge in [0.25, 0.3) is 0 Å². The molecule has 12 N–H and O–H groups in total. The molecule has 13 heteroatoms. The number of amidine groups is 1. The quantitative estimate of drug-likeness (QED) is 0.0629. The van der Waals surface area contributed by atoms with Gasteiger partial charge >= 0.3 is 0 Å². The Bertz CT molecular complexity index is 1320. The largest absolute Gasteiger partial charge is 0.384 e. The number of hydrogen-bond donors (Lipinski definition) is 8. The molecule has 1 aliphatic carbocycles. The van der Waals surface area contributed by atoms with E-state index in [1.807, 2.05) is 6.07 Å². The molecule has 1 unspecified atom stereocenters. The van der Waals surface area contributed by atoms with Gasteiger partial charge in [-0.1, -0.05) is 61.7 Å². The summed E-state index contributed by atoms with van der Waals surface area (Å²) in [5.41, 5.74) is 23.6. The Labute approximate surface area is 257 Å². The first-order valence-corrected chi connectivity index (χ1v) is 14.8. The molecule has 4 amide bonds. The molecule has 3 rings (SSSR count). The third kappa shape index (κ3) is 10.4. The molecule has 2 aromatic carbocycles. The average molecular weight is 606 g/mol. The molecule has 44 heavy (non-hydrogen) atoms. The first-order chi connectivity index (χ1) is 21.0. The number of rotatable bonds is 15. The Hall–Kier alpha value is -4.94. The van der Waals surface area contributed by atoms with E-state index in [1.54, 1.807) is 48.5 Å². The number of nitrogens with one attached hydrogen (secondary N) is 4. The summed E-state index contributed by atoms with van der Waals surface area (Å²) in [5.74, 6) is -3.97. The van der Waals surface area contributed by atoms with Gasteiger partial charge in [0.05, 0.1) is 0 Å². The highest BCUT2D eigenvalue weighted by molar-refractivity contribution is 6.07. The number of carbonyl (C=O) groups excluding carboxylic acids is 4. The molecule has 0 heterocycles. The van der Waals surface area contributed by atoms with Crippen LogP contribution in [0.5, 0.6) is 0 Å². The number of para-hydroxylation sites is 1. The lowest BCUT2D eigenvalue weighted by Gasteiger charge is -2.32. The van der Waals surface area contributed by atoms with E-state index in [1.165, 1.54) is 0 Å². The summed E-state index contributed by atoms with van der Waals surface area (Å²) in [5, 5.41) is 16.0. The summed E-state index contributed by atoms with van der Waals surface area (Å²) in [7, 11) is 0. The van der Waals surface area contributed by atoms with Crippen LogP contribution in [0.4, 0.5) is 5.69 Å². The minimum absolute atomic E-state index is 0.0381. The minimum Gasteiger partial charge on any atom is -0.384 e. The van der Waals surface area contributed by atoms with Gasteiger partial charge < -0.3 is 38.9 Å². The molecule has 3 atom stereocenters. The van der Waals surface area contributed by atoms with E-state index < -0.39 is 41.6 Å². The van der Waals surface area contributed by atoms with Crippen LogP contribution in [-0.4, -0.2) is 54.1 Å². The Morgan fingerprint density at radius 1 is 0.841 bits per heavy atom. The number of nitrogens with two attached hydrogens (primary N) is 4. The molecular weight excluding hydrogens is 562 g/mol. The Morgan fingerprint density at radius 2 is 1.50 bits per heavy atom. The van der Waals surface area contributed by atoms with Crippen LogP contribution in [0.25, 0.3) is 0 Å². The van der Waals surface area contributed by atoms with Crippen molar-refractivity contribution >= 4 is 41.1 Å². The standard InChI is InChI=1S/C31H43N9O4/c32-26(33)21-15-13-19(14-16-21)18-23(28(42)38-22-10-5-2-6-11-22)29(43)40-25(20-8-3-1-4-9-20)30(44)39-24(27(34)41)12-7-17-37-31(35)36/h2,5-6,10-11,13-16,20,23-25H,1,3-4,7-9,12,17-18H2,(H3,32,33)(H2,34,41)(H,38,42)(H,39,44)(H,40,43)(H4,35,36,37)/t23?,24-,25-/m0/s1. The number of hydrogen-bond acceptors (Lipinski definition) is 6. The summed E-state index contributed by atoms with van der Waals surface area (Å²) in [4.78, 5) is 57.1. The summed E-state index contributed by atoms with van der Waals surface area (Å²) >= 11 is 0. The van der Waals surface area contributed by atoms with E-state index in [0.717, 1.165) is 19.3 Å². The van der Waals surface area contributed by atoms with Crippen molar-refractivity contribution in [1.82, 2.24) is 10.6 Å². The number of aliphatic imine (C=N–C) groups is 1. The minimum atomic E-state index is -1.19. The molecule has 0 spiro atoms. The van der Waals surface area contributed by atoms with Crippen molar-refractivity contribution in [3.8, 4) is 0 Å². The van der Waals surface area contributed by atoms with Crippen molar-refractivity contribution in [3.05, 3.63) is 65.7 Å². The SMILES string of the molecule is N=C(N)c1ccc(CC(C(=O)Nc2ccccc2)C(=O)N[C@H](C(=O)N[C@@H](CCCN=C(N)N)C(N)=O)C2CCCCC2)cc1. The number of nitrogen functional groups attached to an aromatic ring is 1. The number of primary amides is 1. The van der Waals surface area contributed by atoms with Crippen molar-refractivity contribution in [2.24, 2.45) is 39.8 Å². The average Bonchev–Trinajstić information content (AvgIpc) is 3.00. The molecule has 1 aliphatic rings. The van der Waals surface area contributed by atoms with Crippen LogP contribution < -0.4 is 38.9 Å². The highest BCUT2D eigenvalue weighted by atomic mass is 16.2. The fourth-order valence-corrected chi connectivity index (χ4v) is 5.28. The van der Waals surface area contributed by atoms with Gasteiger partial charge in [0.1, 0.15) is 23.8 Å². The monoisotopic (exact) mass is 605 g/mol. The number of amides is 4. The van der Waals surface area contributed by atoms with E-state index in [2.05, 4.69) is 20.9 Å². The van der Waals surface area contributed by atoms with Crippen LogP contribution in [0.15, 0.2) is 59.6 Å². The number of benzene rings is 2. The molecular formula is C31H43N9O4. The fourth-order valence-electron chi connectivity index (χ4n) is 5.28. The topological polar surface area (TPSA) is 245 Å². The number of anilines is 1. The second-order valence-electron chi connectivity index (χ2n) is 11.0. The zero-order valence-corrected chi connectivity index (χ0v) is 24.8. The molecule has 236 valence electrons. The van der Waals surface area contributed by atoms with Gasteiger partial charge in [-0.15, -0.1) is 0 Å². The third-order valence-electron chi connectivity index (χ3n) is 7.69. The van der Waals surface area contributed by atoms with Crippen molar-refractivity contribution in [2.75, 3.05) is 11.9 Å². The molecule has 0 bridgehead atoms. The van der Waals surface area contributed by atoms with Crippen LogP contribution in [0.1, 0.15) is 56.1 Å². The highest BCUT2D eigenvalue weighted by Gasteiger charge is 2.36. The van der Waals surface area contributed by atoms with E-state index >= 15 is 0 Å². The molecule has 0 aliphatic heterocycles. The Kier molecular flexibility index (Phi) is 12.7. The number of nitrogens with zero attached hydrogens (tertiary/aromatic N) is 1. The van der Waals surface area contributed by atoms with Crippen molar-refractivity contribution in [1.29, 1.82) is 5.41 Å². The van der Waals surface area contributed by atoms with Gasteiger partial charge in [0, 0.05) is 17.8 Å². The lowest BCUT2D eigenvalue weighted by atomic mass is 9.83. The van der Waals surface area contributed by atoms with Crippen molar-refractivity contribution < 1.29 is 19.2 Å². The summed E-state index contributed by atoms with van der Waals surface area (Å²) in [6.07, 6.45) is 4.86. The fraction of sp³-hybridized carbons (Fsp3) is 0.419. The first kappa shape index (κ1) is 33.6. The van der Waals surface area contributed by atoms with Crippen molar-refractivity contribution in [2.45, 2.75) is 63.5 Å². The Morgan fingerprint density at radius 3 is 2.09 bits per heavy atom. The molecule has 2 aromatic rings. The zero-order chi connectivity index (χ0) is 32.1. The van der Waals surface area contributed by atoms with Gasteiger partial charge in [0.2, 0.25) is 23.6 Å². The third-order valence-corrected chi connectivity index (χ3v) is 7.69. The van der Waals surface area contributed by atoms with Crippen LogP contribution in [0.3, 0.4) is 0 Å². The van der Waals surface area contributed by atoms with E-state index in [0.29, 0.717) is 36.1 Å². The Balaban J connectivity index is 1.83. The van der Waals surface area contributed by atoms with Gasteiger partial charge in [-0.05, 0) is 55.7 Å². The molecule has 0 radical (unpaired) electrons. The van der Waals surface area contributed by atoms with E-state index in [-0.39, 0.29) is 37.1 Å². The number of carbonyl (C=O) groups is 4. The number of guanidine groups is 1. The van der Waals surface area contributed by atoms with Crippen LogP contribution in [0, 0.1) is 17.2 Å². The highest BCUT2D eigenvalue weighted by Crippen LogP contribution is 2.27. The summed E-state index contributed by atoms with van der Waals surface area (Å²) in [6, 6.07) is 13.5.